The van der Waals surface area contributed by atoms with E-state index in [-0.39, 0.29) is 9.92 Å². The molecule has 0 saturated heterocycles. The minimum atomic E-state index is -4.04. The molecule has 9 heteroatoms. The third-order valence-corrected chi connectivity index (χ3v) is 6.99. The van der Waals surface area contributed by atoms with E-state index in [0.717, 1.165) is 43.9 Å². The van der Waals surface area contributed by atoms with Gasteiger partial charge in [0.25, 0.3) is 15.9 Å². The van der Waals surface area contributed by atoms with Gasteiger partial charge < -0.3 is 0 Å². The number of fused-ring (bicyclic) bond motifs is 1. The highest BCUT2D eigenvalue weighted by Gasteiger charge is 2.20. The predicted molar refractivity (Wildman–Crippen MR) is 99.4 cm³/mol. The van der Waals surface area contributed by atoms with Crippen LogP contribution in [0, 0.1) is 5.82 Å². The molecule has 0 unspecified atom stereocenters. The van der Waals surface area contributed by atoms with E-state index in [2.05, 4.69) is 5.43 Å². The molecule has 5 nitrogen and oxygen atoms in total. The standard InChI is InChI=1S/C17H18ClFN2O3S2/c18-13-10-12(7-8-14(13)19)26(23,24)21-20-17(22)16-9-11-5-3-1-2-4-6-15(11)25-16/h7-10,21H,1-6H2,(H,20,22). The first-order valence-electron chi connectivity index (χ1n) is 8.25. The molecule has 0 fully saturated rings. The predicted octanol–water partition coefficient (Wildman–Crippen LogP) is 3.82. The van der Waals surface area contributed by atoms with E-state index in [0.29, 0.717) is 4.88 Å². The van der Waals surface area contributed by atoms with Gasteiger partial charge >= 0.3 is 0 Å². The van der Waals surface area contributed by atoms with Crippen LogP contribution in [0.4, 0.5) is 4.39 Å². The van der Waals surface area contributed by atoms with Crippen molar-refractivity contribution in [3.05, 3.63) is 50.4 Å². The Labute approximate surface area is 160 Å². The summed E-state index contributed by atoms with van der Waals surface area (Å²) < 4.78 is 37.6. The minimum absolute atomic E-state index is 0.234. The number of sulfonamides is 1. The molecule has 3 rings (SSSR count). The molecule has 1 aliphatic carbocycles. The number of benzene rings is 1. The molecule has 26 heavy (non-hydrogen) atoms. The Morgan fingerprint density at radius 2 is 1.85 bits per heavy atom. The van der Waals surface area contributed by atoms with Crippen LogP contribution in [0.1, 0.15) is 45.8 Å². The zero-order valence-corrected chi connectivity index (χ0v) is 16.2. The molecule has 1 aliphatic rings. The van der Waals surface area contributed by atoms with Gasteiger partial charge in [0, 0.05) is 4.88 Å². The van der Waals surface area contributed by atoms with Gasteiger partial charge in [-0.05, 0) is 55.5 Å². The number of nitrogens with one attached hydrogen (secondary N) is 2. The molecule has 1 heterocycles. The van der Waals surface area contributed by atoms with Crippen molar-refractivity contribution >= 4 is 38.9 Å². The first kappa shape index (κ1) is 19.3. The van der Waals surface area contributed by atoms with Crippen molar-refractivity contribution in [1.29, 1.82) is 0 Å². The maximum atomic E-state index is 13.2. The maximum absolute atomic E-state index is 13.2. The molecule has 1 aromatic heterocycles. The summed E-state index contributed by atoms with van der Waals surface area (Å²) in [7, 11) is -4.04. The third-order valence-electron chi connectivity index (χ3n) is 4.22. The number of aryl methyl sites for hydroxylation is 2. The summed E-state index contributed by atoms with van der Waals surface area (Å²) in [5.74, 6) is -1.23. The van der Waals surface area contributed by atoms with Crippen LogP contribution in [0.25, 0.3) is 0 Å². The van der Waals surface area contributed by atoms with E-state index in [1.165, 1.54) is 34.6 Å². The first-order chi connectivity index (χ1) is 12.4. The highest BCUT2D eigenvalue weighted by Crippen LogP contribution is 2.28. The van der Waals surface area contributed by atoms with Gasteiger partial charge in [0.1, 0.15) is 5.82 Å². The van der Waals surface area contributed by atoms with Crippen molar-refractivity contribution in [2.24, 2.45) is 0 Å². The fourth-order valence-corrected chi connectivity index (χ4v) is 5.09. The van der Waals surface area contributed by atoms with Gasteiger partial charge in [-0.2, -0.15) is 0 Å². The van der Waals surface area contributed by atoms with Gasteiger partial charge in [0.05, 0.1) is 14.8 Å². The average Bonchev–Trinajstić information content (AvgIpc) is 2.97. The zero-order chi connectivity index (χ0) is 18.7. The Hall–Kier alpha value is -1.48. The van der Waals surface area contributed by atoms with Crippen molar-refractivity contribution in [1.82, 2.24) is 10.3 Å². The van der Waals surface area contributed by atoms with Crippen LogP contribution < -0.4 is 10.3 Å². The second-order valence-corrected chi connectivity index (χ2v) is 9.34. The molecule has 2 aromatic rings. The molecule has 1 aromatic carbocycles. The van der Waals surface area contributed by atoms with Crippen LogP contribution in [0.15, 0.2) is 29.2 Å². The fourth-order valence-electron chi connectivity index (χ4n) is 2.83. The smallest absolute Gasteiger partial charge is 0.273 e. The largest absolute Gasteiger partial charge is 0.276 e. The van der Waals surface area contributed by atoms with E-state index >= 15 is 0 Å². The number of rotatable bonds is 4. The summed E-state index contributed by atoms with van der Waals surface area (Å²) in [6, 6.07) is 4.86. The fraction of sp³-hybridized carbons (Fsp3) is 0.353. The van der Waals surface area contributed by atoms with Gasteiger partial charge in [-0.3, -0.25) is 10.2 Å². The van der Waals surface area contributed by atoms with E-state index in [1.807, 2.05) is 10.9 Å². The summed E-state index contributed by atoms with van der Waals surface area (Å²) in [5.41, 5.74) is 3.38. The van der Waals surface area contributed by atoms with Crippen LogP contribution in [-0.4, -0.2) is 14.3 Å². The van der Waals surface area contributed by atoms with Gasteiger partial charge in [0.15, 0.2) is 0 Å². The van der Waals surface area contributed by atoms with E-state index in [9.17, 15) is 17.6 Å². The number of hydrazine groups is 1. The lowest BCUT2D eigenvalue weighted by molar-refractivity contribution is 0.0949. The van der Waals surface area contributed by atoms with Crippen molar-refractivity contribution in [3.63, 3.8) is 0 Å². The number of hydrogen-bond donors (Lipinski definition) is 2. The summed E-state index contributed by atoms with van der Waals surface area (Å²) in [6.45, 7) is 0. The molecule has 0 saturated carbocycles. The maximum Gasteiger partial charge on any atom is 0.276 e. The van der Waals surface area contributed by atoms with Gasteiger partial charge in [0.2, 0.25) is 0 Å². The van der Waals surface area contributed by atoms with E-state index < -0.39 is 21.7 Å². The Balaban J connectivity index is 1.70. The third kappa shape index (κ3) is 4.43. The topological polar surface area (TPSA) is 75.3 Å². The summed E-state index contributed by atoms with van der Waals surface area (Å²) in [5, 5.41) is -0.308. The quantitative estimate of drug-likeness (QED) is 0.744. The first-order valence-corrected chi connectivity index (χ1v) is 10.9. The van der Waals surface area contributed by atoms with Gasteiger partial charge in [-0.1, -0.05) is 24.4 Å². The number of thiophene rings is 1. The number of halogens is 2. The highest BCUT2D eigenvalue weighted by atomic mass is 35.5. The summed E-state index contributed by atoms with van der Waals surface area (Å²) in [4.78, 5) is 15.8. The summed E-state index contributed by atoms with van der Waals surface area (Å²) in [6.07, 6.45) is 6.48. The molecule has 0 bridgehead atoms. The normalized spacial score (nSPS) is 15.0. The minimum Gasteiger partial charge on any atom is -0.273 e. The lowest BCUT2D eigenvalue weighted by Crippen LogP contribution is -2.41. The molecular weight excluding hydrogens is 399 g/mol. The van der Waals surface area contributed by atoms with Crippen LogP contribution in [-0.2, 0) is 22.9 Å². The Kier molecular flexibility index (Phi) is 5.96. The van der Waals surface area contributed by atoms with Crippen molar-refractivity contribution in [2.45, 2.75) is 43.4 Å². The monoisotopic (exact) mass is 416 g/mol. The Bertz CT molecular complexity index is 903. The number of carbonyl (C=O) groups excluding carboxylic acids is 1. The lowest BCUT2D eigenvalue weighted by atomic mass is 10.00. The Morgan fingerprint density at radius 3 is 2.58 bits per heavy atom. The van der Waals surface area contributed by atoms with Crippen LogP contribution in [0.5, 0.6) is 0 Å². The van der Waals surface area contributed by atoms with Crippen LogP contribution in [0.3, 0.4) is 0 Å². The molecule has 2 N–H and O–H groups in total. The van der Waals surface area contributed by atoms with Crippen molar-refractivity contribution < 1.29 is 17.6 Å². The molecule has 0 radical (unpaired) electrons. The lowest BCUT2D eigenvalue weighted by Gasteiger charge is -2.08. The van der Waals surface area contributed by atoms with Gasteiger partial charge in [-0.15, -0.1) is 16.2 Å². The molecule has 0 spiro atoms. The van der Waals surface area contributed by atoms with Crippen molar-refractivity contribution in [2.75, 3.05) is 0 Å². The number of carbonyl (C=O) groups is 1. The van der Waals surface area contributed by atoms with Crippen LogP contribution in [0.2, 0.25) is 5.02 Å². The van der Waals surface area contributed by atoms with Crippen LogP contribution >= 0.6 is 22.9 Å². The Morgan fingerprint density at radius 1 is 1.12 bits per heavy atom. The van der Waals surface area contributed by atoms with E-state index in [4.69, 9.17) is 11.6 Å². The summed E-state index contributed by atoms with van der Waals surface area (Å²) >= 11 is 7.01. The zero-order valence-electron chi connectivity index (χ0n) is 13.8. The number of hydrogen-bond acceptors (Lipinski definition) is 4. The molecule has 140 valence electrons. The number of amides is 1. The average molecular weight is 417 g/mol. The second kappa shape index (κ2) is 8.04. The van der Waals surface area contributed by atoms with Crippen molar-refractivity contribution in [3.8, 4) is 0 Å². The van der Waals surface area contributed by atoms with E-state index in [1.54, 1.807) is 0 Å². The molecule has 0 aliphatic heterocycles. The molecular formula is C17H18ClFN2O3S2. The van der Waals surface area contributed by atoms with Gasteiger partial charge in [-0.25, -0.2) is 12.8 Å². The molecule has 0 atom stereocenters. The molecule has 1 amide bonds. The second-order valence-electron chi connectivity index (χ2n) is 6.11. The SMILES string of the molecule is O=C(NNS(=O)(=O)c1ccc(F)c(Cl)c1)c1cc2c(s1)CCCCCC2. The highest BCUT2D eigenvalue weighted by molar-refractivity contribution is 7.89.